The molecule has 0 saturated carbocycles. The Balaban J connectivity index is 1.43. The summed E-state index contributed by atoms with van der Waals surface area (Å²) in [5, 5.41) is 8.18. The summed E-state index contributed by atoms with van der Waals surface area (Å²) in [5.74, 6) is -0.421. The average Bonchev–Trinajstić information content (AvgIpc) is 3.23. The van der Waals surface area contributed by atoms with Gasteiger partial charge in [-0.3, -0.25) is 14.6 Å². The number of amides is 1. The smallest absolute Gasteiger partial charge is 0.276 e. The molecule has 1 amide bonds. The number of aryl methyl sites for hydroxylation is 1. The molecule has 1 aliphatic heterocycles. The van der Waals surface area contributed by atoms with E-state index >= 15 is 0 Å². The number of aromatic nitrogens is 4. The van der Waals surface area contributed by atoms with Crippen LogP contribution < -0.4 is 0 Å². The molecule has 0 N–H and O–H groups in total. The van der Waals surface area contributed by atoms with Gasteiger partial charge in [-0.1, -0.05) is 35.5 Å². The Hall–Kier alpha value is -3.35. The Labute approximate surface area is 169 Å². The predicted octanol–water partition coefficient (Wildman–Crippen LogP) is 2.76. The Bertz CT molecular complexity index is 1010. The van der Waals surface area contributed by atoms with Crippen molar-refractivity contribution in [1.29, 1.82) is 0 Å². The number of carbonyl (C=O) groups excluding carboxylic acids is 2. The lowest BCUT2D eigenvalue weighted by Gasteiger charge is -2.31. The Morgan fingerprint density at radius 3 is 2.72 bits per heavy atom. The van der Waals surface area contributed by atoms with Gasteiger partial charge >= 0.3 is 0 Å². The van der Waals surface area contributed by atoms with Crippen LogP contribution in [0.4, 0.5) is 0 Å². The zero-order chi connectivity index (χ0) is 20.2. The van der Waals surface area contributed by atoms with Crippen LogP contribution in [0, 0.1) is 12.8 Å². The minimum Gasteiger partial charge on any atom is -0.336 e. The molecule has 148 valence electrons. The second-order valence-corrected chi connectivity index (χ2v) is 7.40. The summed E-state index contributed by atoms with van der Waals surface area (Å²) in [5.41, 5.74) is 3.07. The molecule has 0 bridgehead atoms. The molecular weight excluding hydrogens is 366 g/mol. The molecule has 1 aliphatic rings. The largest absolute Gasteiger partial charge is 0.336 e. The molecule has 1 fully saturated rings. The molecule has 3 heterocycles. The van der Waals surface area contributed by atoms with Crippen molar-refractivity contribution in [3.8, 4) is 0 Å². The van der Waals surface area contributed by atoms with E-state index in [1.165, 1.54) is 5.56 Å². The number of Topliss-reactive ketones (excluding diaryl/α,β-unsaturated/α-hetero) is 1. The molecule has 0 radical (unpaired) electrons. The molecule has 7 nitrogen and oxygen atoms in total. The van der Waals surface area contributed by atoms with Gasteiger partial charge in [0.25, 0.3) is 5.91 Å². The summed E-state index contributed by atoms with van der Waals surface area (Å²) in [6.45, 7) is 3.62. The highest BCUT2D eigenvalue weighted by molar-refractivity contribution is 5.97. The van der Waals surface area contributed by atoms with Crippen LogP contribution in [0.1, 0.15) is 44.9 Å². The van der Waals surface area contributed by atoms with Gasteiger partial charge in [-0.05, 0) is 43.0 Å². The summed E-state index contributed by atoms with van der Waals surface area (Å²) in [4.78, 5) is 31.5. The normalized spacial score (nSPS) is 16.6. The van der Waals surface area contributed by atoms with Crippen LogP contribution in [-0.4, -0.2) is 49.7 Å². The van der Waals surface area contributed by atoms with Crippen LogP contribution in [0.5, 0.6) is 0 Å². The van der Waals surface area contributed by atoms with Crippen molar-refractivity contribution in [2.24, 2.45) is 5.92 Å². The molecular formula is C22H23N5O2. The van der Waals surface area contributed by atoms with Crippen molar-refractivity contribution >= 4 is 11.7 Å². The quantitative estimate of drug-likeness (QED) is 0.627. The van der Waals surface area contributed by atoms with Gasteiger partial charge in [0.2, 0.25) is 0 Å². The number of nitrogens with zero attached hydrogens (tertiary/aromatic N) is 5. The lowest BCUT2D eigenvalue weighted by Crippen LogP contribution is -2.42. The third kappa shape index (κ3) is 4.23. The summed E-state index contributed by atoms with van der Waals surface area (Å²) in [6, 6.07) is 13.4. The summed E-state index contributed by atoms with van der Waals surface area (Å²) in [6.07, 6.45) is 4.84. The second-order valence-electron chi connectivity index (χ2n) is 7.40. The Kier molecular flexibility index (Phi) is 5.46. The molecule has 2 aromatic heterocycles. The summed E-state index contributed by atoms with van der Waals surface area (Å²) in [7, 11) is 0. The predicted molar refractivity (Wildman–Crippen MR) is 107 cm³/mol. The molecule has 4 rings (SSSR count). The van der Waals surface area contributed by atoms with Crippen molar-refractivity contribution in [1.82, 2.24) is 24.9 Å². The van der Waals surface area contributed by atoms with Crippen molar-refractivity contribution in [2.45, 2.75) is 26.3 Å². The zero-order valence-electron chi connectivity index (χ0n) is 16.4. The fourth-order valence-corrected chi connectivity index (χ4v) is 3.69. The highest BCUT2D eigenvalue weighted by atomic mass is 16.2. The Morgan fingerprint density at radius 1 is 1.10 bits per heavy atom. The minimum atomic E-state index is -0.232. The number of piperidine rings is 1. The first-order valence-corrected chi connectivity index (χ1v) is 9.81. The average molecular weight is 389 g/mol. The maximum atomic E-state index is 12.9. The first-order valence-electron chi connectivity index (χ1n) is 9.81. The third-order valence-electron chi connectivity index (χ3n) is 5.35. The van der Waals surface area contributed by atoms with E-state index in [1.54, 1.807) is 40.2 Å². The number of hydrogen-bond acceptors (Lipinski definition) is 5. The number of benzene rings is 1. The first kappa shape index (κ1) is 19.0. The maximum absolute atomic E-state index is 12.9. The van der Waals surface area contributed by atoms with Crippen LogP contribution >= 0.6 is 0 Å². The maximum Gasteiger partial charge on any atom is 0.276 e. The van der Waals surface area contributed by atoms with Crippen LogP contribution in [0.3, 0.4) is 0 Å². The monoisotopic (exact) mass is 389 g/mol. The molecule has 1 saturated heterocycles. The van der Waals surface area contributed by atoms with Gasteiger partial charge in [-0.2, -0.15) is 0 Å². The molecule has 7 heteroatoms. The number of pyridine rings is 1. The van der Waals surface area contributed by atoms with Crippen molar-refractivity contribution in [3.63, 3.8) is 0 Å². The SMILES string of the molecule is Cc1ccccc1Cn1cc(C(=O)N2CCC[C@@H](C(=O)c3ccccn3)C2)nn1. The number of likely N-dealkylation sites (tertiary alicyclic amines) is 1. The van der Waals surface area contributed by atoms with E-state index in [-0.39, 0.29) is 17.6 Å². The fraction of sp³-hybridized carbons (Fsp3) is 0.318. The Morgan fingerprint density at radius 2 is 1.93 bits per heavy atom. The van der Waals surface area contributed by atoms with E-state index in [4.69, 9.17) is 0 Å². The van der Waals surface area contributed by atoms with Crippen LogP contribution in [0.2, 0.25) is 0 Å². The molecule has 29 heavy (non-hydrogen) atoms. The van der Waals surface area contributed by atoms with Crippen LogP contribution in [-0.2, 0) is 6.54 Å². The first-order chi connectivity index (χ1) is 14.1. The van der Waals surface area contributed by atoms with Gasteiger partial charge in [-0.15, -0.1) is 5.10 Å². The van der Waals surface area contributed by atoms with E-state index in [2.05, 4.69) is 15.3 Å². The van der Waals surface area contributed by atoms with E-state index in [9.17, 15) is 9.59 Å². The lowest BCUT2D eigenvalue weighted by molar-refractivity contribution is 0.0630. The van der Waals surface area contributed by atoms with Crippen molar-refractivity contribution in [2.75, 3.05) is 13.1 Å². The van der Waals surface area contributed by atoms with Crippen LogP contribution in [0.25, 0.3) is 0 Å². The highest BCUT2D eigenvalue weighted by Crippen LogP contribution is 2.21. The number of ketones is 1. The van der Waals surface area contributed by atoms with Gasteiger partial charge in [0, 0.05) is 25.2 Å². The number of hydrogen-bond donors (Lipinski definition) is 0. The standard InChI is InChI=1S/C22H23N5O2/c1-16-7-2-3-8-17(16)14-27-15-20(24-25-27)22(29)26-12-6-9-18(13-26)21(28)19-10-4-5-11-23-19/h2-5,7-8,10-11,15,18H,6,9,12-14H2,1H3/t18-/m1/s1. The highest BCUT2D eigenvalue weighted by Gasteiger charge is 2.31. The summed E-state index contributed by atoms with van der Waals surface area (Å²) >= 11 is 0. The van der Waals surface area contributed by atoms with E-state index < -0.39 is 0 Å². The van der Waals surface area contributed by atoms with E-state index in [1.807, 2.05) is 31.2 Å². The van der Waals surface area contributed by atoms with Gasteiger partial charge in [0.05, 0.1) is 12.7 Å². The van der Waals surface area contributed by atoms with Crippen LogP contribution in [0.15, 0.2) is 54.9 Å². The van der Waals surface area contributed by atoms with Crippen molar-refractivity contribution < 1.29 is 9.59 Å². The number of rotatable bonds is 5. The molecule has 1 atom stereocenters. The topological polar surface area (TPSA) is 81.0 Å². The van der Waals surface area contributed by atoms with Gasteiger partial charge < -0.3 is 4.90 Å². The molecule has 0 aliphatic carbocycles. The lowest BCUT2D eigenvalue weighted by atomic mass is 9.92. The van der Waals surface area contributed by atoms with E-state index in [0.29, 0.717) is 31.0 Å². The molecule has 1 aromatic carbocycles. The zero-order valence-corrected chi connectivity index (χ0v) is 16.4. The van der Waals surface area contributed by atoms with Crippen molar-refractivity contribution in [3.05, 3.63) is 77.4 Å². The molecule has 3 aromatic rings. The number of carbonyl (C=O) groups is 2. The summed E-state index contributed by atoms with van der Waals surface area (Å²) < 4.78 is 1.68. The third-order valence-corrected chi connectivity index (χ3v) is 5.35. The second kappa shape index (κ2) is 8.34. The molecule has 0 spiro atoms. The molecule has 0 unspecified atom stereocenters. The van der Waals surface area contributed by atoms with Gasteiger partial charge in [-0.25, -0.2) is 4.68 Å². The van der Waals surface area contributed by atoms with Gasteiger partial charge in [0.1, 0.15) is 5.69 Å². The fourth-order valence-electron chi connectivity index (χ4n) is 3.69. The van der Waals surface area contributed by atoms with E-state index in [0.717, 1.165) is 18.4 Å². The van der Waals surface area contributed by atoms with Gasteiger partial charge in [0.15, 0.2) is 11.5 Å². The minimum absolute atomic E-state index is 0.00805.